The second kappa shape index (κ2) is 5.27. The molecule has 1 atom stereocenters. The molecule has 0 aliphatic heterocycles. The van der Waals surface area contributed by atoms with Gasteiger partial charge in [-0.25, -0.2) is 9.97 Å². The molecular weight excluding hydrogens is 262 g/mol. The zero-order valence-corrected chi connectivity index (χ0v) is 12.6. The molecule has 2 rings (SSSR count). The van der Waals surface area contributed by atoms with E-state index in [1.165, 1.54) is 0 Å². The van der Waals surface area contributed by atoms with Crippen LogP contribution >= 0.6 is 11.6 Å². The van der Waals surface area contributed by atoms with E-state index < -0.39 is 0 Å². The highest BCUT2D eigenvalue weighted by Gasteiger charge is 2.22. The maximum Gasteiger partial charge on any atom is 0.179 e. The number of aryl methyl sites for hydroxylation is 2. The van der Waals surface area contributed by atoms with Gasteiger partial charge in [-0.05, 0) is 33.5 Å². The maximum atomic E-state index is 6.45. The second-order valence-corrected chi connectivity index (χ2v) is 5.27. The van der Waals surface area contributed by atoms with Gasteiger partial charge in [-0.15, -0.1) is 0 Å². The predicted octanol–water partition coefficient (Wildman–Crippen LogP) is 2.46. The minimum atomic E-state index is 0.137. The first kappa shape index (κ1) is 14.0. The summed E-state index contributed by atoms with van der Waals surface area (Å²) in [6, 6.07) is 0.137. The van der Waals surface area contributed by atoms with E-state index >= 15 is 0 Å². The van der Waals surface area contributed by atoms with Gasteiger partial charge in [0.25, 0.3) is 0 Å². The lowest BCUT2D eigenvalue weighted by Gasteiger charge is -2.17. The van der Waals surface area contributed by atoms with Crippen LogP contribution in [0.1, 0.15) is 24.2 Å². The molecule has 0 saturated heterocycles. The summed E-state index contributed by atoms with van der Waals surface area (Å²) < 4.78 is 1.74. The first-order valence-electron chi connectivity index (χ1n) is 6.09. The molecule has 2 aromatic rings. The molecule has 0 amide bonds. The Balaban J connectivity index is 2.50. The van der Waals surface area contributed by atoms with Crippen LogP contribution in [0.4, 0.5) is 0 Å². The molecule has 0 aliphatic rings. The van der Waals surface area contributed by atoms with Crippen LogP contribution in [0, 0.1) is 6.92 Å². The van der Waals surface area contributed by atoms with Gasteiger partial charge in [0.2, 0.25) is 0 Å². The number of rotatable bonds is 3. The molecule has 102 valence electrons. The smallest absolute Gasteiger partial charge is 0.179 e. The van der Waals surface area contributed by atoms with Crippen LogP contribution in [0.25, 0.3) is 11.5 Å². The fraction of sp³-hybridized carbons (Fsp3) is 0.462. The first-order valence-corrected chi connectivity index (χ1v) is 6.47. The van der Waals surface area contributed by atoms with E-state index in [-0.39, 0.29) is 6.04 Å². The van der Waals surface area contributed by atoms with E-state index in [9.17, 15) is 0 Å². The van der Waals surface area contributed by atoms with Crippen LogP contribution < -0.4 is 0 Å². The molecule has 0 N–H and O–H groups in total. The van der Waals surface area contributed by atoms with Gasteiger partial charge in [0, 0.05) is 19.4 Å². The Morgan fingerprint density at radius 3 is 2.37 bits per heavy atom. The van der Waals surface area contributed by atoms with Crippen molar-refractivity contribution >= 4 is 11.6 Å². The average Bonchev–Trinajstić information content (AvgIpc) is 2.65. The van der Waals surface area contributed by atoms with E-state index in [0.29, 0.717) is 10.8 Å². The van der Waals surface area contributed by atoms with Crippen molar-refractivity contribution in [2.24, 2.45) is 7.05 Å². The molecule has 0 aromatic carbocycles. The van der Waals surface area contributed by atoms with Gasteiger partial charge in [0.15, 0.2) is 5.82 Å². The van der Waals surface area contributed by atoms with Gasteiger partial charge in [-0.1, -0.05) is 11.6 Å². The Bertz CT molecular complexity index is 573. The molecule has 19 heavy (non-hydrogen) atoms. The number of hydrogen-bond acceptors (Lipinski definition) is 4. The Kier molecular flexibility index (Phi) is 3.87. The van der Waals surface area contributed by atoms with Crippen LogP contribution in [-0.2, 0) is 7.05 Å². The monoisotopic (exact) mass is 279 g/mol. The Hall–Kier alpha value is -1.46. The molecule has 5 nitrogen and oxygen atoms in total. The number of aromatic nitrogens is 4. The summed E-state index contributed by atoms with van der Waals surface area (Å²) in [7, 11) is 5.85. The molecular formula is C13H18ClN5. The van der Waals surface area contributed by atoms with E-state index in [0.717, 1.165) is 17.0 Å². The molecule has 0 saturated carbocycles. The average molecular weight is 280 g/mol. The van der Waals surface area contributed by atoms with Crippen molar-refractivity contribution in [1.29, 1.82) is 0 Å². The van der Waals surface area contributed by atoms with Crippen molar-refractivity contribution < 1.29 is 0 Å². The van der Waals surface area contributed by atoms with Gasteiger partial charge >= 0.3 is 0 Å². The third-order valence-corrected chi connectivity index (χ3v) is 3.55. The minimum Gasteiger partial charge on any atom is -0.301 e. The highest BCUT2D eigenvalue weighted by atomic mass is 35.5. The molecule has 6 heteroatoms. The summed E-state index contributed by atoms with van der Waals surface area (Å²) in [4.78, 5) is 10.7. The highest BCUT2D eigenvalue weighted by molar-refractivity contribution is 6.33. The summed E-state index contributed by atoms with van der Waals surface area (Å²) in [6.45, 7) is 4.02. The van der Waals surface area contributed by atoms with Crippen molar-refractivity contribution in [3.05, 3.63) is 28.7 Å². The molecule has 0 fully saturated rings. The Morgan fingerprint density at radius 2 is 1.84 bits per heavy atom. The van der Waals surface area contributed by atoms with E-state index in [1.807, 2.05) is 28.1 Å². The third-order valence-electron chi connectivity index (χ3n) is 3.18. The SMILES string of the molecule is Cc1cnc(-c2c(Cl)c(C(C)N(C)C)nn2C)nc1. The lowest BCUT2D eigenvalue weighted by atomic mass is 10.2. The first-order chi connectivity index (χ1) is 8.91. The van der Waals surface area contributed by atoms with E-state index in [2.05, 4.69) is 26.9 Å². The van der Waals surface area contributed by atoms with Gasteiger partial charge in [-0.3, -0.25) is 4.68 Å². The summed E-state index contributed by atoms with van der Waals surface area (Å²) in [6.07, 6.45) is 3.56. The zero-order chi connectivity index (χ0) is 14.2. The fourth-order valence-corrected chi connectivity index (χ4v) is 2.19. The lowest BCUT2D eigenvalue weighted by molar-refractivity contribution is 0.313. The van der Waals surface area contributed by atoms with Crippen LogP contribution in [0.15, 0.2) is 12.4 Å². The molecule has 0 bridgehead atoms. The molecule has 2 aromatic heterocycles. The minimum absolute atomic E-state index is 0.137. The quantitative estimate of drug-likeness (QED) is 0.866. The van der Waals surface area contributed by atoms with E-state index in [4.69, 9.17) is 11.6 Å². The molecule has 2 heterocycles. The van der Waals surface area contributed by atoms with Gasteiger partial charge in [-0.2, -0.15) is 5.10 Å². The number of hydrogen-bond donors (Lipinski definition) is 0. The Morgan fingerprint density at radius 1 is 1.26 bits per heavy atom. The standard InChI is InChI=1S/C13H18ClN5/c1-8-6-15-13(16-7-8)12-10(14)11(17-19(12)5)9(2)18(3)4/h6-7,9H,1-5H3. The van der Waals surface area contributed by atoms with Crippen molar-refractivity contribution in [3.8, 4) is 11.5 Å². The topological polar surface area (TPSA) is 46.8 Å². The maximum absolute atomic E-state index is 6.45. The van der Waals surface area contributed by atoms with Crippen LogP contribution in [-0.4, -0.2) is 38.7 Å². The molecule has 0 radical (unpaired) electrons. The van der Waals surface area contributed by atoms with Crippen LogP contribution in [0.5, 0.6) is 0 Å². The number of halogens is 1. The Labute approximate surface area is 118 Å². The van der Waals surface area contributed by atoms with Crippen molar-refractivity contribution in [2.75, 3.05) is 14.1 Å². The highest BCUT2D eigenvalue weighted by Crippen LogP contribution is 2.32. The fourth-order valence-electron chi connectivity index (χ4n) is 1.79. The molecule has 0 aliphatic carbocycles. The van der Waals surface area contributed by atoms with E-state index in [1.54, 1.807) is 17.1 Å². The van der Waals surface area contributed by atoms with Gasteiger partial charge in [0.1, 0.15) is 5.69 Å². The number of nitrogens with zero attached hydrogens (tertiary/aromatic N) is 5. The van der Waals surface area contributed by atoms with Gasteiger partial charge < -0.3 is 4.90 Å². The summed E-state index contributed by atoms with van der Waals surface area (Å²) in [5, 5.41) is 5.11. The van der Waals surface area contributed by atoms with Crippen LogP contribution in [0.2, 0.25) is 5.02 Å². The zero-order valence-electron chi connectivity index (χ0n) is 11.8. The van der Waals surface area contributed by atoms with Crippen molar-refractivity contribution in [1.82, 2.24) is 24.6 Å². The summed E-state index contributed by atoms with van der Waals surface area (Å²) >= 11 is 6.45. The summed E-state index contributed by atoms with van der Waals surface area (Å²) in [5.74, 6) is 0.600. The summed E-state index contributed by atoms with van der Waals surface area (Å²) in [5.41, 5.74) is 2.61. The lowest BCUT2D eigenvalue weighted by Crippen LogP contribution is -2.17. The predicted molar refractivity (Wildman–Crippen MR) is 76.1 cm³/mol. The van der Waals surface area contributed by atoms with Gasteiger partial charge in [0.05, 0.1) is 16.8 Å². The second-order valence-electron chi connectivity index (χ2n) is 4.90. The van der Waals surface area contributed by atoms with Crippen molar-refractivity contribution in [3.63, 3.8) is 0 Å². The molecule has 1 unspecified atom stereocenters. The third kappa shape index (κ3) is 2.62. The normalized spacial score (nSPS) is 13.0. The molecule has 0 spiro atoms. The largest absolute Gasteiger partial charge is 0.301 e. The van der Waals surface area contributed by atoms with Crippen molar-refractivity contribution in [2.45, 2.75) is 19.9 Å². The van der Waals surface area contributed by atoms with Crippen LogP contribution in [0.3, 0.4) is 0 Å².